The Bertz CT molecular complexity index is 521. The van der Waals surface area contributed by atoms with Crippen molar-refractivity contribution >= 4 is 24.1 Å². The van der Waals surface area contributed by atoms with E-state index in [0.29, 0.717) is 16.9 Å². The van der Waals surface area contributed by atoms with Gasteiger partial charge in [-0.2, -0.15) is 0 Å². The number of amides is 2. The van der Waals surface area contributed by atoms with Crippen LogP contribution in [0.3, 0.4) is 0 Å². The lowest BCUT2D eigenvalue weighted by Gasteiger charge is -2.12. The molecule has 0 aromatic heterocycles. The largest absolute Gasteiger partial charge is 0.363 e. The molecule has 0 saturated carbocycles. The van der Waals surface area contributed by atoms with Crippen LogP contribution in [-0.4, -0.2) is 29.1 Å². The Balaban J connectivity index is 2.14. The maximum atomic E-state index is 11.7. The number of aldehydes is 1. The first-order valence-electron chi connectivity index (χ1n) is 5.25. The summed E-state index contributed by atoms with van der Waals surface area (Å²) in [6, 6.07) is 5.78. The van der Waals surface area contributed by atoms with Gasteiger partial charge in [0.2, 0.25) is 0 Å². The lowest BCUT2D eigenvalue weighted by Crippen LogP contribution is -2.32. The van der Waals surface area contributed by atoms with Crippen LogP contribution in [-0.2, 0) is 14.4 Å². The zero-order valence-electron chi connectivity index (χ0n) is 9.29. The molecule has 1 heterocycles. The lowest BCUT2D eigenvalue weighted by molar-refractivity contribution is -0.172. The van der Waals surface area contributed by atoms with E-state index < -0.39 is 17.8 Å². The molecule has 1 saturated heterocycles. The first kappa shape index (κ1) is 12.0. The van der Waals surface area contributed by atoms with Gasteiger partial charge in [-0.05, 0) is 12.1 Å². The van der Waals surface area contributed by atoms with Crippen LogP contribution in [0.15, 0.2) is 24.3 Å². The highest BCUT2D eigenvalue weighted by atomic mass is 16.7. The second kappa shape index (κ2) is 4.79. The Hall–Kier alpha value is -2.50. The number of hydrogen-bond donors (Lipinski definition) is 0. The molecule has 92 valence electrons. The Kier molecular flexibility index (Phi) is 3.18. The molecule has 1 fully saturated rings. The Morgan fingerprint density at radius 1 is 1.22 bits per heavy atom. The number of hydrogen-bond acceptors (Lipinski definition) is 5. The van der Waals surface area contributed by atoms with E-state index >= 15 is 0 Å². The molecule has 0 bridgehead atoms. The van der Waals surface area contributed by atoms with Crippen LogP contribution in [0.5, 0.6) is 0 Å². The second-order valence-electron chi connectivity index (χ2n) is 3.70. The second-order valence-corrected chi connectivity index (χ2v) is 3.70. The van der Waals surface area contributed by atoms with E-state index in [1.807, 2.05) is 0 Å². The maximum absolute atomic E-state index is 11.7. The third kappa shape index (κ3) is 2.27. The van der Waals surface area contributed by atoms with E-state index in [-0.39, 0.29) is 18.4 Å². The molecule has 18 heavy (non-hydrogen) atoms. The topological polar surface area (TPSA) is 80.8 Å². The van der Waals surface area contributed by atoms with Crippen molar-refractivity contribution in [3.63, 3.8) is 0 Å². The Morgan fingerprint density at radius 2 is 1.89 bits per heavy atom. The van der Waals surface area contributed by atoms with Gasteiger partial charge >= 0.3 is 5.97 Å². The van der Waals surface area contributed by atoms with Crippen LogP contribution in [0, 0.1) is 0 Å². The molecule has 0 spiro atoms. The maximum Gasteiger partial charge on any atom is 0.363 e. The molecule has 2 amide bonds. The number of hydroxylamine groups is 2. The standard InChI is InChI=1S/C12H9NO5/c14-7-8-2-1-3-9(6-8)12(17)18-13-10(15)4-5-11(13)16/h1-3,6-7H,4-5H2. The third-order valence-electron chi connectivity index (χ3n) is 2.44. The van der Waals surface area contributed by atoms with Crippen LogP contribution < -0.4 is 0 Å². The normalized spacial score (nSPS) is 14.8. The van der Waals surface area contributed by atoms with Gasteiger partial charge in [-0.25, -0.2) is 4.79 Å². The fourth-order valence-electron chi connectivity index (χ4n) is 1.53. The molecular formula is C12H9NO5. The van der Waals surface area contributed by atoms with Crippen molar-refractivity contribution in [1.82, 2.24) is 5.06 Å². The zero-order valence-corrected chi connectivity index (χ0v) is 9.29. The molecule has 6 nitrogen and oxygen atoms in total. The summed E-state index contributed by atoms with van der Waals surface area (Å²) in [5.41, 5.74) is 0.413. The fraction of sp³-hybridized carbons (Fsp3) is 0.167. The van der Waals surface area contributed by atoms with Crippen LogP contribution in [0.1, 0.15) is 33.6 Å². The van der Waals surface area contributed by atoms with E-state index in [4.69, 9.17) is 4.84 Å². The zero-order chi connectivity index (χ0) is 13.1. The highest BCUT2D eigenvalue weighted by Gasteiger charge is 2.33. The van der Waals surface area contributed by atoms with Crippen LogP contribution in [0.25, 0.3) is 0 Å². The number of carbonyl (C=O) groups excluding carboxylic acids is 4. The fourth-order valence-corrected chi connectivity index (χ4v) is 1.53. The average Bonchev–Trinajstić information content (AvgIpc) is 2.70. The molecule has 1 aromatic carbocycles. The number of rotatable bonds is 3. The predicted molar refractivity (Wildman–Crippen MR) is 58.3 cm³/mol. The van der Waals surface area contributed by atoms with Gasteiger partial charge in [0.15, 0.2) is 0 Å². The molecule has 1 aliphatic rings. The van der Waals surface area contributed by atoms with Crippen molar-refractivity contribution < 1.29 is 24.0 Å². The van der Waals surface area contributed by atoms with Gasteiger partial charge in [0, 0.05) is 18.4 Å². The minimum atomic E-state index is -0.845. The van der Waals surface area contributed by atoms with E-state index in [0.717, 1.165) is 0 Å². The highest BCUT2D eigenvalue weighted by molar-refractivity contribution is 6.02. The summed E-state index contributed by atoms with van der Waals surface area (Å²) in [5.74, 6) is -1.93. The van der Waals surface area contributed by atoms with Crippen molar-refractivity contribution in [3.05, 3.63) is 35.4 Å². The molecule has 1 aromatic rings. The highest BCUT2D eigenvalue weighted by Crippen LogP contribution is 2.14. The van der Waals surface area contributed by atoms with Gasteiger partial charge < -0.3 is 4.84 Å². The molecule has 0 N–H and O–H groups in total. The van der Waals surface area contributed by atoms with Crippen LogP contribution in [0.2, 0.25) is 0 Å². The molecule has 2 rings (SSSR count). The summed E-state index contributed by atoms with van der Waals surface area (Å²) < 4.78 is 0. The summed E-state index contributed by atoms with van der Waals surface area (Å²) in [7, 11) is 0. The minimum absolute atomic E-state index is 0.0422. The molecular weight excluding hydrogens is 238 g/mol. The molecule has 1 aliphatic heterocycles. The van der Waals surface area contributed by atoms with E-state index in [2.05, 4.69) is 0 Å². The van der Waals surface area contributed by atoms with Gasteiger partial charge in [0.05, 0.1) is 5.56 Å². The van der Waals surface area contributed by atoms with Crippen LogP contribution in [0.4, 0.5) is 0 Å². The Morgan fingerprint density at radius 3 is 2.50 bits per heavy atom. The molecule has 0 aliphatic carbocycles. The van der Waals surface area contributed by atoms with Crippen molar-refractivity contribution in [2.24, 2.45) is 0 Å². The summed E-state index contributed by atoms with van der Waals surface area (Å²) in [6.45, 7) is 0. The first-order chi connectivity index (χ1) is 8.61. The molecule has 0 unspecified atom stereocenters. The summed E-state index contributed by atoms with van der Waals surface area (Å²) in [6.07, 6.45) is 0.671. The molecule has 0 radical (unpaired) electrons. The quantitative estimate of drug-likeness (QED) is 0.580. The van der Waals surface area contributed by atoms with Gasteiger partial charge in [0.25, 0.3) is 11.8 Å². The SMILES string of the molecule is O=Cc1cccc(C(=O)ON2C(=O)CCC2=O)c1. The van der Waals surface area contributed by atoms with Gasteiger partial charge in [-0.3, -0.25) is 14.4 Å². The minimum Gasteiger partial charge on any atom is -0.325 e. The number of carbonyl (C=O) groups is 4. The number of nitrogens with zero attached hydrogens (tertiary/aromatic N) is 1. The van der Waals surface area contributed by atoms with Crippen molar-refractivity contribution in [1.29, 1.82) is 0 Å². The summed E-state index contributed by atoms with van der Waals surface area (Å²) in [5, 5.41) is 0.468. The summed E-state index contributed by atoms with van der Waals surface area (Å²) >= 11 is 0. The smallest absolute Gasteiger partial charge is 0.325 e. The van der Waals surface area contributed by atoms with E-state index in [1.165, 1.54) is 24.3 Å². The molecule has 0 atom stereocenters. The van der Waals surface area contributed by atoms with Gasteiger partial charge in [-0.1, -0.05) is 12.1 Å². The van der Waals surface area contributed by atoms with Crippen LogP contribution >= 0.6 is 0 Å². The first-order valence-corrected chi connectivity index (χ1v) is 5.25. The van der Waals surface area contributed by atoms with Crippen molar-refractivity contribution in [3.8, 4) is 0 Å². The summed E-state index contributed by atoms with van der Waals surface area (Å²) in [4.78, 5) is 49.4. The number of imide groups is 1. The lowest BCUT2D eigenvalue weighted by atomic mass is 10.1. The average molecular weight is 247 g/mol. The van der Waals surface area contributed by atoms with Gasteiger partial charge in [0.1, 0.15) is 6.29 Å². The number of benzene rings is 1. The van der Waals surface area contributed by atoms with E-state index in [1.54, 1.807) is 0 Å². The Labute approximate surface area is 102 Å². The molecule has 6 heteroatoms. The van der Waals surface area contributed by atoms with Crippen molar-refractivity contribution in [2.45, 2.75) is 12.8 Å². The monoisotopic (exact) mass is 247 g/mol. The predicted octanol–water partition coefficient (Wildman–Crippen LogP) is 0.720. The van der Waals surface area contributed by atoms with Gasteiger partial charge in [-0.15, -0.1) is 5.06 Å². The van der Waals surface area contributed by atoms with Crippen molar-refractivity contribution in [2.75, 3.05) is 0 Å². The van der Waals surface area contributed by atoms with E-state index in [9.17, 15) is 19.2 Å². The third-order valence-corrected chi connectivity index (χ3v) is 2.44.